The number of hydrogen-bond acceptors (Lipinski definition) is 4. The minimum atomic E-state index is -4.82. The van der Waals surface area contributed by atoms with Gasteiger partial charge >= 0.3 is 6.18 Å². The molecule has 0 aliphatic rings. The first kappa shape index (κ1) is 22.7. The van der Waals surface area contributed by atoms with Crippen LogP contribution >= 0.6 is 11.6 Å². The molecule has 0 aliphatic heterocycles. The first-order chi connectivity index (χ1) is 13.3. The van der Waals surface area contributed by atoms with Gasteiger partial charge in [-0.3, -0.25) is 4.79 Å². The molecule has 29 heavy (non-hydrogen) atoms. The lowest BCUT2D eigenvalue weighted by Crippen LogP contribution is -2.42. The molecule has 13 heteroatoms. The Hall–Kier alpha value is -2.62. The second-order valence-electron chi connectivity index (χ2n) is 5.91. The number of alkyl halides is 3. The molecular formula is C16H13ClF4N4O3S. The van der Waals surface area contributed by atoms with Crippen LogP contribution in [0.25, 0.3) is 0 Å². The van der Waals surface area contributed by atoms with E-state index >= 15 is 0 Å². The summed E-state index contributed by atoms with van der Waals surface area (Å²) in [5, 5.41) is 10.5. The van der Waals surface area contributed by atoms with Crippen LogP contribution in [0.15, 0.2) is 29.3 Å². The number of carbonyl (C=O) groups excluding carboxylic acids is 1. The molecule has 0 saturated heterocycles. The summed E-state index contributed by atoms with van der Waals surface area (Å²) in [6, 6.07) is 2.36. The molecule has 1 amide bonds. The fourth-order valence-electron chi connectivity index (χ4n) is 2.26. The lowest BCUT2D eigenvalue weighted by Gasteiger charge is -2.16. The van der Waals surface area contributed by atoms with Crippen molar-refractivity contribution < 1.29 is 30.8 Å². The van der Waals surface area contributed by atoms with Gasteiger partial charge in [-0.2, -0.15) is 23.2 Å². The quantitative estimate of drug-likeness (QED) is 0.680. The average Bonchev–Trinajstić information content (AvgIpc) is 2.90. The van der Waals surface area contributed by atoms with Crippen LogP contribution < -0.4 is 10.0 Å². The first-order valence-electron chi connectivity index (χ1n) is 7.72. The molecule has 0 bridgehead atoms. The van der Waals surface area contributed by atoms with Crippen molar-refractivity contribution in [3.8, 4) is 6.07 Å². The molecule has 2 aromatic rings. The molecule has 7 nitrogen and oxygen atoms in total. The Morgan fingerprint density at radius 1 is 1.34 bits per heavy atom. The molecule has 2 N–H and O–H groups in total. The number of benzene rings is 1. The van der Waals surface area contributed by atoms with Gasteiger partial charge in [0.15, 0.2) is 0 Å². The smallest absolute Gasteiger partial charge is 0.344 e. The van der Waals surface area contributed by atoms with Gasteiger partial charge in [-0.15, -0.1) is 0 Å². The van der Waals surface area contributed by atoms with Crippen LogP contribution in [0.4, 0.5) is 23.2 Å². The maximum atomic E-state index is 13.4. The van der Waals surface area contributed by atoms with E-state index in [0.717, 1.165) is 29.0 Å². The molecule has 0 aliphatic carbocycles. The molecule has 1 aromatic heterocycles. The zero-order valence-electron chi connectivity index (χ0n) is 14.8. The van der Waals surface area contributed by atoms with E-state index < -0.39 is 43.9 Å². The number of nitrogens with zero attached hydrogens (tertiary/aromatic N) is 2. The lowest BCUT2D eigenvalue weighted by molar-refractivity contribution is -0.147. The van der Waals surface area contributed by atoms with Crippen LogP contribution in [0.1, 0.15) is 23.0 Å². The van der Waals surface area contributed by atoms with E-state index in [-0.39, 0.29) is 16.9 Å². The van der Waals surface area contributed by atoms with Crippen molar-refractivity contribution in [2.45, 2.75) is 24.0 Å². The fraction of sp³-hybridized carbons (Fsp3) is 0.250. The highest BCUT2D eigenvalue weighted by atomic mass is 35.5. The number of anilines is 1. The number of amides is 1. The van der Waals surface area contributed by atoms with Crippen LogP contribution in [0.3, 0.4) is 0 Å². The maximum Gasteiger partial charge on any atom is 0.404 e. The molecule has 1 aromatic carbocycles. The van der Waals surface area contributed by atoms with E-state index in [2.05, 4.69) is 5.32 Å². The minimum absolute atomic E-state index is 0.0263. The number of halogens is 5. The Kier molecular flexibility index (Phi) is 6.27. The van der Waals surface area contributed by atoms with E-state index in [4.69, 9.17) is 16.9 Å². The number of nitrogens with one attached hydrogen (secondary N) is 2. The summed E-state index contributed by atoms with van der Waals surface area (Å²) in [5.41, 5.74) is -0.678. The van der Waals surface area contributed by atoms with Crippen molar-refractivity contribution in [2.75, 3.05) is 5.32 Å². The summed E-state index contributed by atoms with van der Waals surface area (Å²) >= 11 is 5.96. The van der Waals surface area contributed by atoms with Crippen molar-refractivity contribution in [3.05, 3.63) is 46.5 Å². The summed E-state index contributed by atoms with van der Waals surface area (Å²) < 4.78 is 78.3. The number of hydrogen-bond donors (Lipinski definition) is 2. The van der Waals surface area contributed by atoms with Crippen LogP contribution in [0.2, 0.25) is 5.02 Å². The maximum absolute atomic E-state index is 13.4. The van der Waals surface area contributed by atoms with Crippen molar-refractivity contribution in [1.29, 1.82) is 5.26 Å². The lowest BCUT2D eigenvalue weighted by atomic mass is 10.2. The SMILES string of the molecule is C[C@@H](NS(=O)(=O)c1cn(C)c(C(=O)Nc2ccc(F)c(C#N)c2)c1Cl)C(F)(F)F. The van der Waals surface area contributed by atoms with Gasteiger partial charge < -0.3 is 9.88 Å². The number of sulfonamides is 1. The number of aromatic nitrogens is 1. The average molecular weight is 453 g/mol. The van der Waals surface area contributed by atoms with Crippen LogP contribution in [0, 0.1) is 17.1 Å². The zero-order chi connectivity index (χ0) is 22.1. The molecule has 0 saturated carbocycles. The van der Waals surface area contributed by atoms with Gasteiger partial charge in [0.25, 0.3) is 5.91 Å². The second-order valence-corrected chi connectivity index (χ2v) is 7.97. The van der Waals surface area contributed by atoms with Gasteiger partial charge in [0.05, 0.1) is 10.6 Å². The van der Waals surface area contributed by atoms with E-state index in [9.17, 15) is 30.8 Å². The topological polar surface area (TPSA) is 104 Å². The predicted molar refractivity (Wildman–Crippen MR) is 95.3 cm³/mol. The van der Waals surface area contributed by atoms with Crippen molar-refractivity contribution in [3.63, 3.8) is 0 Å². The summed E-state index contributed by atoms with van der Waals surface area (Å²) in [6.07, 6.45) is -3.94. The number of nitriles is 1. The predicted octanol–water partition coefficient (Wildman–Crippen LogP) is 3.17. The molecule has 1 heterocycles. The number of carbonyl (C=O) groups is 1. The van der Waals surface area contributed by atoms with Gasteiger partial charge in [0.1, 0.15) is 28.5 Å². The molecule has 0 fully saturated rings. The van der Waals surface area contributed by atoms with E-state index in [1.165, 1.54) is 11.8 Å². The van der Waals surface area contributed by atoms with Gasteiger partial charge in [0.2, 0.25) is 10.0 Å². The Labute approximate surface area is 167 Å². The van der Waals surface area contributed by atoms with E-state index in [0.29, 0.717) is 6.92 Å². The standard InChI is InChI=1S/C16H13ClF4N4O3S/c1-8(16(19,20)21)24-29(27,28)12-7-25(2)14(13(12)17)15(26)23-10-3-4-11(18)9(5-10)6-22/h3-5,7-8,24H,1-2H3,(H,23,26)/t8-/m1/s1. The molecule has 0 spiro atoms. The Bertz CT molecular complexity index is 1110. The zero-order valence-corrected chi connectivity index (χ0v) is 16.4. The first-order valence-corrected chi connectivity index (χ1v) is 9.59. The highest BCUT2D eigenvalue weighted by molar-refractivity contribution is 7.89. The van der Waals surface area contributed by atoms with Crippen molar-refractivity contribution in [2.24, 2.45) is 7.05 Å². The molecule has 2 rings (SSSR count). The van der Waals surface area contributed by atoms with Crippen molar-refractivity contribution >= 4 is 33.2 Å². The van der Waals surface area contributed by atoms with Gasteiger partial charge in [0, 0.05) is 18.9 Å². The molecule has 0 radical (unpaired) electrons. The van der Waals surface area contributed by atoms with E-state index in [1.54, 1.807) is 6.07 Å². The van der Waals surface area contributed by atoms with Crippen molar-refractivity contribution in [1.82, 2.24) is 9.29 Å². The number of aryl methyl sites for hydroxylation is 1. The minimum Gasteiger partial charge on any atom is -0.344 e. The monoisotopic (exact) mass is 452 g/mol. The third-order valence-corrected chi connectivity index (χ3v) is 5.81. The normalized spacial score (nSPS) is 13.0. The Balaban J connectivity index is 2.36. The highest BCUT2D eigenvalue weighted by Gasteiger charge is 2.40. The van der Waals surface area contributed by atoms with Crippen LogP contribution in [-0.4, -0.2) is 31.1 Å². The summed E-state index contributed by atoms with van der Waals surface area (Å²) in [7, 11) is -3.43. The molecule has 0 unspecified atom stereocenters. The Morgan fingerprint density at radius 2 is 1.97 bits per heavy atom. The summed E-state index contributed by atoms with van der Waals surface area (Å²) in [5.74, 6) is -1.72. The van der Waals surface area contributed by atoms with Crippen LogP contribution in [0.5, 0.6) is 0 Å². The van der Waals surface area contributed by atoms with E-state index in [1.807, 2.05) is 0 Å². The molecule has 1 atom stereocenters. The Morgan fingerprint density at radius 3 is 2.52 bits per heavy atom. The third-order valence-electron chi connectivity index (χ3n) is 3.76. The van der Waals surface area contributed by atoms with Gasteiger partial charge in [-0.1, -0.05) is 11.6 Å². The van der Waals surface area contributed by atoms with Crippen LogP contribution in [-0.2, 0) is 17.1 Å². The third kappa shape index (κ3) is 4.87. The van der Waals surface area contributed by atoms with Gasteiger partial charge in [-0.25, -0.2) is 12.8 Å². The van der Waals surface area contributed by atoms with Gasteiger partial charge in [-0.05, 0) is 25.1 Å². The molecular weight excluding hydrogens is 440 g/mol. The second kappa shape index (κ2) is 8.02. The number of rotatable bonds is 5. The summed E-state index contributed by atoms with van der Waals surface area (Å²) in [6.45, 7) is 0.614. The highest BCUT2D eigenvalue weighted by Crippen LogP contribution is 2.29. The summed E-state index contributed by atoms with van der Waals surface area (Å²) in [4.78, 5) is 11.8. The fourth-order valence-corrected chi connectivity index (χ4v) is 4.19. The largest absolute Gasteiger partial charge is 0.404 e. The molecule has 156 valence electrons.